The Morgan fingerprint density at radius 2 is 1.86 bits per heavy atom. The van der Waals surface area contributed by atoms with Crippen LogP contribution < -0.4 is 5.32 Å². The van der Waals surface area contributed by atoms with Gasteiger partial charge in [0.05, 0.1) is 0 Å². The first-order chi connectivity index (χ1) is 6.41. The van der Waals surface area contributed by atoms with E-state index in [1.54, 1.807) is 21.6 Å². The topological polar surface area (TPSA) is 38.3 Å². The highest BCUT2D eigenvalue weighted by Gasteiger charge is 1.89. The van der Waals surface area contributed by atoms with E-state index in [-0.39, 0.29) is 7.43 Å². The number of hydrogen-bond acceptors (Lipinski definition) is 5. The van der Waals surface area contributed by atoms with Gasteiger partial charge in [-0.1, -0.05) is 42.9 Å². The Balaban J connectivity index is -0.000000376. The monoisotopic (exact) mass is 241 g/mol. The summed E-state index contributed by atoms with van der Waals surface area (Å²) < 4.78 is 4.51. The van der Waals surface area contributed by atoms with Crippen LogP contribution in [-0.4, -0.2) is 38.2 Å². The molecule has 0 bridgehead atoms. The molecule has 5 heteroatoms. The third kappa shape index (κ3) is 22.7. The van der Waals surface area contributed by atoms with E-state index in [0.717, 1.165) is 18.1 Å². The fourth-order valence-corrected chi connectivity index (χ4v) is 2.24. The van der Waals surface area contributed by atoms with Crippen molar-refractivity contribution in [2.45, 2.75) is 21.3 Å². The first-order valence-electron chi connectivity index (χ1n) is 4.36. The SMILES string of the molecule is C.CC.CNCCSSCCOC=O. The van der Waals surface area contributed by atoms with Crippen molar-refractivity contribution in [2.75, 3.05) is 31.7 Å². The second-order valence-corrected chi connectivity index (χ2v) is 4.42. The van der Waals surface area contributed by atoms with E-state index in [1.165, 1.54) is 0 Å². The molecule has 0 aliphatic rings. The minimum Gasteiger partial charge on any atom is -0.467 e. The molecule has 0 amide bonds. The largest absolute Gasteiger partial charge is 0.467 e. The van der Waals surface area contributed by atoms with Crippen molar-refractivity contribution in [3.8, 4) is 0 Å². The normalized spacial score (nSPS) is 7.93. The quantitative estimate of drug-likeness (QED) is 0.401. The number of rotatable bonds is 8. The molecule has 0 aromatic carbocycles. The molecule has 88 valence electrons. The molecule has 0 aliphatic heterocycles. The zero-order valence-corrected chi connectivity index (χ0v) is 10.2. The average Bonchev–Trinajstić information content (AvgIpc) is 2.20. The first kappa shape index (κ1) is 19.7. The lowest BCUT2D eigenvalue weighted by Gasteiger charge is -1.99. The van der Waals surface area contributed by atoms with Crippen molar-refractivity contribution in [2.24, 2.45) is 0 Å². The summed E-state index contributed by atoms with van der Waals surface area (Å²) in [5.41, 5.74) is 0. The van der Waals surface area contributed by atoms with Gasteiger partial charge in [0, 0.05) is 18.1 Å². The van der Waals surface area contributed by atoms with Crippen molar-refractivity contribution in [1.29, 1.82) is 0 Å². The molecular weight excluding hydrogens is 218 g/mol. The summed E-state index contributed by atoms with van der Waals surface area (Å²) in [7, 11) is 5.44. The van der Waals surface area contributed by atoms with Gasteiger partial charge in [-0.15, -0.1) is 0 Å². The van der Waals surface area contributed by atoms with Gasteiger partial charge >= 0.3 is 0 Å². The van der Waals surface area contributed by atoms with Gasteiger partial charge in [-0.05, 0) is 7.05 Å². The highest BCUT2D eigenvalue weighted by atomic mass is 33.1. The van der Waals surface area contributed by atoms with Gasteiger partial charge in [-0.3, -0.25) is 4.79 Å². The molecule has 0 fully saturated rings. The van der Waals surface area contributed by atoms with Crippen LogP contribution in [0.4, 0.5) is 0 Å². The maximum atomic E-state index is 9.69. The Kier molecular flexibility index (Phi) is 32.6. The molecule has 0 radical (unpaired) electrons. The van der Waals surface area contributed by atoms with Crippen LogP contribution in [0.15, 0.2) is 0 Å². The summed E-state index contributed by atoms with van der Waals surface area (Å²) in [6.07, 6.45) is 0. The van der Waals surface area contributed by atoms with Crippen molar-refractivity contribution in [3.05, 3.63) is 0 Å². The van der Waals surface area contributed by atoms with E-state index in [0.29, 0.717) is 13.1 Å². The van der Waals surface area contributed by atoms with Gasteiger partial charge in [0.25, 0.3) is 6.47 Å². The van der Waals surface area contributed by atoms with Gasteiger partial charge in [0.1, 0.15) is 6.61 Å². The van der Waals surface area contributed by atoms with E-state index in [2.05, 4.69) is 10.1 Å². The molecule has 0 saturated heterocycles. The van der Waals surface area contributed by atoms with Crippen LogP contribution in [0.1, 0.15) is 21.3 Å². The number of hydrogen-bond donors (Lipinski definition) is 1. The lowest BCUT2D eigenvalue weighted by molar-refractivity contribution is -0.128. The molecular formula is C9H23NO2S2. The lowest BCUT2D eigenvalue weighted by atomic mass is 10.8. The molecule has 0 aliphatic carbocycles. The molecule has 1 N–H and O–H groups in total. The van der Waals surface area contributed by atoms with E-state index in [9.17, 15) is 4.79 Å². The summed E-state index contributed by atoms with van der Waals surface area (Å²) in [4.78, 5) is 9.69. The van der Waals surface area contributed by atoms with Crippen LogP contribution in [0.5, 0.6) is 0 Å². The van der Waals surface area contributed by atoms with Crippen LogP contribution in [0.3, 0.4) is 0 Å². The number of carbonyl (C=O) groups is 1. The Bertz CT molecular complexity index is 94.9. The molecule has 0 rings (SSSR count). The van der Waals surface area contributed by atoms with Gasteiger partial charge in [0.15, 0.2) is 0 Å². The van der Waals surface area contributed by atoms with Crippen LogP contribution in [0.2, 0.25) is 0 Å². The summed E-state index contributed by atoms with van der Waals surface area (Å²) in [6, 6.07) is 0. The second kappa shape index (κ2) is 23.2. The Labute approximate surface area is 96.1 Å². The summed E-state index contributed by atoms with van der Waals surface area (Å²) in [5, 5.41) is 3.05. The lowest BCUT2D eigenvalue weighted by Crippen LogP contribution is -2.09. The van der Waals surface area contributed by atoms with Crippen LogP contribution >= 0.6 is 21.6 Å². The van der Waals surface area contributed by atoms with Gasteiger partial charge in [0.2, 0.25) is 0 Å². The van der Waals surface area contributed by atoms with Crippen LogP contribution in [0, 0.1) is 0 Å². The number of carbonyl (C=O) groups excluding carboxylic acids is 1. The number of ether oxygens (including phenoxy) is 1. The predicted molar refractivity (Wildman–Crippen MR) is 68.9 cm³/mol. The van der Waals surface area contributed by atoms with E-state index in [4.69, 9.17) is 0 Å². The highest BCUT2D eigenvalue weighted by molar-refractivity contribution is 8.76. The summed E-state index contributed by atoms with van der Waals surface area (Å²) in [5.74, 6) is 1.95. The molecule has 14 heavy (non-hydrogen) atoms. The first-order valence-corrected chi connectivity index (χ1v) is 6.85. The van der Waals surface area contributed by atoms with Crippen molar-refractivity contribution in [1.82, 2.24) is 5.32 Å². The fourth-order valence-electron chi connectivity index (χ4n) is 0.392. The smallest absolute Gasteiger partial charge is 0.293 e. The molecule has 0 aromatic rings. The maximum absolute atomic E-state index is 9.69. The molecule has 0 atom stereocenters. The van der Waals surface area contributed by atoms with Crippen molar-refractivity contribution in [3.63, 3.8) is 0 Å². The third-order valence-electron chi connectivity index (χ3n) is 0.871. The van der Waals surface area contributed by atoms with E-state index >= 15 is 0 Å². The Hall–Kier alpha value is 0.130. The van der Waals surface area contributed by atoms with E-state index < -0.39 is 0 Å². The van der Waals surface area contributed by atoms with E-state index in [1.807, 2.05) is 20.9 Å². The van der Waals surface area contributed by atoms with Gasteiger partial charge < -0.3 is 10.1 Å². The number of nitrogens with one attached hydrogen (secondary N) is 1. The fraction of sp³-hybridized carbons (Fsp3) is 0.889. The minimum atomic E-state index is 0. The molecule has 0 saturated carbocycles. The van der Waals surface area contributed by atoms with Gasteiger partial charge in [-0.25, -0.2) is 0 Å². The highest BCUT2D eigenvalue weighted by Crippen LogP contribution is 2.19. The molecule has 0 aromatic heterocycles. The summed E-state index contributed by atoms with van der Waals surface area (Å²) >= 11 is 0. The molecule has 0 heterocycles. The Morgan fingerprint density at radius 3 is 2.36 bits per heavy atom. The van der Waals surface area contributed by atoms with Crippen molar-refractivity contribution < 1.29 is 9.53 Å². The van der Waals surface area contributed by atoms with Crippen LogP contribution in [-0.2, 0) is 9.53 Å². The van der Waals surface area contributed by atoms with Crippen LogP contribution in [0.25, 0.3) is 0 Å². The average molecular weight is 241 g/mol. The molecule has 0 unspecified atom stereocenters. The summed E-state index contributed by atoms with van der Waals surface area (Å²) in [6.45, 7) is 6.02. The third-order valence-corrected chi connectivity index (χ3v) is 3.24. The molecule has 0 spiro atoms. The minimum absolute atomic E-state index is 0. The zero-order chi connectivity index (χ0) is 10.4. The van der Waals surface area contributed by atoms with Gasteiger partial charge in [-0.2, -0.15) is 0 Å². The van der Waals surface area contributed by atoms with Crippen molar-refractivity contribution >= 4 is 28.1 Å². The second-order valence-electron chi connectivity index (χ2n) is 1.71. The standard InChI is InChI=1S/C6H13NO2S2.C2H6.CH4/c1-7-2-4-10-11-5-3-9-6-8;1-2;/h6-7H,2-5H2,1H3;1-2H3;1H4. The Morgan fingerprint density at radius 1 is 1.29 bits per heavy atom. The zero-order valence-electron chi connectivity index (χ0n) is 8.54. The predicted octanol–water partition coefficient (Wildman–Crippen LogP) is 2.42. The molecule has 3 nitrogen and oxygen atoms in total. The maximum Gasteiger partial charge on any atom is 0.293 e.